The van der Waals surface area contributed by atoms with Crippen molar-refractivity contribution in [1.29, 1.82) is 0 Å². The summed E-state index contributed by atoms with van der Waals surface area (Å²) in [5, 5.41) is 4.34. The highest BCUT2D eigenvalue weighted by atomic mass is 15.3. The Morgan fingerprint density at radius 1 is 1.31 bits per heavy atom. The largest absolute Gasteiger partial charge is 0.262 e. The minimum absolute atomic E-state index is 0.373. The lowest BCUT2D eigenvalue weighted by Gasteiger charge is -2.11. The maximum Gasteiger partial charge on any atom is 0.0685 e. The van der Waals surface area contributed by atoms with Crippen LogP contribution >= 0.6 is 0 Å². The molecule has 0 unspecified atom stereocenters. The van der Waals surface area contributed by atoms with Gasteiger partial charge in [-0.05, 0) is 31.5 Å². The lowest BCUT2D eigenvalue weighted by molar-refractivity contribution is 0.538. The molecule has 0 aliphatic rings. The zero-order valence-corrected chi connectivity index (χ0v) is 9.72. The fourth-order valence-electron chi connectivity index (χ4n) is 1.78. The molecule has 0 aliphatic heterocycles. The standard InChI is InChI=1S/C14H16N2/c1-4-12-6-5-7-13(10-12)14-8-9-15-16(14)11(2)3/h4-11H,1H2,2-3H3. The van der Waals surface area contributed by atoms with Gasteiger partial charge in [0.15, 0.2) is 0 Å². The van der Waals surface area contributed by atoms with Crippen LogP contribution in [0, 0.1) is 0 Å². The Bertz CT molecular complexity index is 495. The van der Waals surface area contributed by atoms with Crippen molar-refractivity contribution in [3.8, 4) is 11.3 Å². The van der Waals surface area contributed by atoms with E-state index in [4.69, 9.17) is 0 Å². The number of hydrogen-bond donors (Lipinski definition) is 0. The Morgan fingerprint density at radius 3 is 2.81 bits per heavy atom. The molecule has 0 bridgehead atoms. The van der Waals surface area contributed by atoms with E-state index in [2.05, 4.69) is 37.7 Å². The first kappa shape index (κ1) is 10.7. The van der Waals surface area contributed by atoms with E-state index >= 15 is 0 Å². The first-order valence-electron chi connectivity index (χ1n) is 5.49. The quantitative estimate of drug-likeness (QED) is 0.757. The van der Waals surface area contributed by atoms with Gasteiger partial charge in [-0.25, -0.2) is 0 Å². The minimum Gasteiger partial charge on any atom is -0.262 e. The van der Waals surface area contributed by atoms with Crippen molar-refractivity contribution in [3.05, 3.63) is 48.7 Å². The first-order valence-corrected chi connectivity index (χ1v) is 5.49. The topological polar surface area (TPSA) is 17.8 Å². The average Bonchev–Trinajstić information content (AvgIpc) is 2.78. The third kappa shape index (κ3) is 1.91. The fraction of sp³-hybridized carbons (Fsp3) is 0.214. The molecule has 0 saturated heterocycles. The van der Waals surface area contributed by atoms with Crippen LogP contribution in [0.4, 0.5) is 0 Å². The summed E-state index contributed by atoms with van der Waals surface area (Å²) < 4.78 is 2.03. The van der Waals surface area contributed by atoms with Crippen LogP contribution in [-0.4, -0.2) is 9.78 Å². The summed E-state index contributed by atoms with van der Waals surface area (Å²) >= 11 is 0. The molecular weight excluding hydrogens is 196 g/mol. The van der Waals surface area contributed by atoms with Crippen LogP contribution in [0.5, 0.6) is 0 Å². The summed E-state index contributed by atoms with van der Waals surface area (Å²) in [6, 6.07) is 10.7. The summed E-state index contributed by atoms with van der Waals surface area (Å²) in [5.41, 5.74) is 3.47. The van der Waals surface area contributed by atoms with Gasteiger partial charge in [0.1, 0.15) is 0 Å². The van der Waals surface area contributed by atoms with Crippen molar-refractivity contribution in [2.45, 2.75) is 19.9 Å². The molecule has 2 nitrogen and oxygen atoms in total. The molecule has 0 saturated carbocycles. The van der Waals surface area contributed by atoms with Gasteiger partial charge in [0.2, 0.25) is 0 Å². The second-order valence-electron chi connectivity index (χ2n) is 4.08. The third-order valence-corrected chi connectivity index (χ3v) is 2.58. The summed E-state index contributed by atoms with van der Waals surface area (Å²) in [7, 11) is 0. The van der Waals surface area contributed by atoms with E-state index in [0.717, 1.165) is 11.3 Å². The minimum atomic E-state index is 0.373. The van der Waals surface area contributed by atoms with Crippen LogP contribution in [-0.2, 0) is 0 Å². The predicted molar refractivity (Wildman–Crippen MR) is 68.1 cm³/mol. The number of nitrogens with zero attached hydrogens (tertiary/aromatic N) is 2. The third-order valence-electron chi connectivity index (χ3n) is 2.58. The van der Waals surface area contributed by atoms with E-state index in [0.29, 0.717) is 6.04 Å². The van der Waals surface area contributed by atoms with Crippen molar-refractivity contribution in [3.63, 3.8) is 0 Å². The number of rotatable bonds is 3. The lowest BCUT2D eigenvalue weighted by Crippen LogP contribution is -2.04. The van der Waals surface area contributed by atoms with E-state index in [-0.39, 0.29) is 0 Å². The highest BCUT2D eigenvalue weighted by Gasteiger charge is 2.07. The highest BCUT2D eigenvalue weighted by molar-refractivity contribution is 5.64. The summed E-state index contributed by atoms with van der Waals surface area (Å²) in [5.74, 6) is 0. The van der Waals surface area contributed by atoms with Gasteiger partial charge in [0.25, 0.3) is 0 Å². The molecule has 0 amide bonds. The van der Waals surface area contributed by atoms with Crippen molar-refractivity contribution in [1.82, 2.24) is 9.78 Å². The average molecular weight is 212 g/mol. The van der Waals surface area contributed by atoms with Gasteiger partial charge >= 0.3 is 0 Å². The molecule has 2 heteroatoms. The second kappa shape index (κ2) is 4.35. The smallest absolute Gasteiger partial charge is 0.0685 e. The molecule has 1 aromatic carbocycles. The Morgan fingerprint density at radius 2 is 2.12 bits per heavy atom. The number of hydrogen-bond acceptors (Lipinski definition) is 1. The number of benzene rings is 1. The van der Waals surface area contributed by atoms with Crippen LogP contribution in [0.15, 0.2) is 43.1 Å². The molecule has 0 fully saturated rings. The second-order valence-corrected chi connectivity index (χ2v) is 4.08. The fourth-order valence-corrected chi connectivity index (χ4v) is 1.78. The van der Waals surface area contributed by atoms with Crippen LogP contribution in [0.1, 0.15) is 25.5 Å². The van der Waals surface area contributed by atoms with Gasteiger partial charge in [-0.2, -0.15) is 5.10 Å². The van der Waals surface area contributed by atoms with Crippen LogP contribution in [0.25, 0.3) is 17.3 Å². The van der Waals surface area contributed by atoms with E-state index in [1.807, 2.05) is 35.2 Å². The molecule has 82 valence electrons. The van der Waals surface area contributed by atoms with Gasteiger partial charge in [-0.15, -0.1) is 0 Å². The Labute approximate surface area is 96.2 Å². The van der Waals surface area contributed by atoms with Gasteiger partial charge in [-0.1, -0.05) is 30.9 Å². The first-order chi connectivity index (χ1) is 7.72. The predicted octanol–water partition coefficient (Wildman–Crippen LogP) is 3.77. The molecule has 1 aromatic heterocycles. The monoisotopic (exact) mass is 212 g/mol. The van der Waals surface area contributed by atoms with Crippen LogP contribution in [0.2, 0.25) is 0 Å². The van der Waals surface area contributed by atoms with E-state index in [9.17, 15) is 0 Å². The maximum absolute atomic E-state index is 4.34. The highest BCUT2D eigenvalue weighted by Crippen LogP contribution is 2.23. The molecule has 0 spiro atoms. The van der Waals surface area contributed by atoms with E-state index < -0.39 is 0 Å². The molecule has 0 aliphatic carbocycles. The lowest BCUT2D eigenvalue weighted by atomic mass is 10.1. The summed E-state index contributed by atoms with van der Waals surface area (Å²) in [6.07, 6.45) is 3.70. The van der Waals surface area contributed by atoms with Gasteiger partial charge in [-0.3, -0.25) is 4.68 Å². The van der Waals surface area contributed by atoms with Crippen LogP contribution < -0.4 is 0 Å². The zero-order chi connectivity index (χ0) is 11.5. The normalized spacial score (nSPS) is 10.7. The summed E-state index contributed by atoms with van der Waals surface area (Å²) in [4.78, 5) is 0. The molecule has 2 rings (SSSR count). The maximum atomic E-state index is 4.34. The van der Waals surface area contributed by atoms with Gasteiger partial charge in [0, 0.05) is 17.8 Å². The number of aromatic nitrogens is 2. The Hall–Kier alpha value is -1.83. The Kier molecular flexibility index (Phi) is 2.91. The molecule has 0 radical (unpaired) electrons. The van der Waals surface area contributed by atoms with Crippen molar-refractivity contribution in [2.24, 2.45) is 0 Å². The molecular formula is C14H16N2. The molecule has 0 atom stereocenters. The van der Waals surface area contributed by atoms with Crippen molar-refractivity contribution >= 4 is 6.08 Å². The SMILES string of the molecule is C=Cc1cccc(-c2ccnn2C(C)C)c1. The van der Waals surface area contributed by atoms with Crippen molar-refractivity contribution < 1.29 is 0 Å². The molecule has 2 aromatic rings. The van der Waals surface area contributed by atoms with Gasteiger partial charge < -0.3 is 0 Å². The van der Waals surface area contributed by atoms with E-state index in [1.165, 1.54) is 5.56 Å². The van der Waals surface area contributed by atoms with Crippen molar-refractivity contribution in [2.75, 3.05) is 0 Å². The molecule has 16 heavy (non-hydrogen) atoms. The van der Waals surface area contributed by atoms with E-state index in [1.54, 1.807) is 0 Å². The van der Waals surface area contributed by atoms with Crippen LogP contribution in [0.3, 0.4) is 0 Å². The molecule has 0 N–H and O–H groups in total. The van der Waals surface area contributed by atoms with Gasteiger partial charge in [0.05, 0.1) is 5.69 Å². The molecule has 1 heterocycles. The summed E-state index contributed by atoms with van der Waals surface area (Å²) in [6.45, 7) is 8.05. The Balaban J connectivity index is 2.49. The zero-order valence-electron chi connectivity index (χ0n) is 9.72.